The van der Waals surface area contributed by atoms with E-state index in [1.165, 1.54) is 43.2 Å². The normalized spacial score (nSPS) is 19.5. The van der Waals surface area contributed by atoms with Crippen LogP contribution in [0.2, 0.25) is 0 Å². The summed E-state index contributed by atoms with van der Waals surface area (Å²) in [4.78, 5) is 6.29. The summed E-state index contributed by atoms with van der Waals surface area (Å²) in [5.41, 5.74) is 7.15. The fraction of sp³-hybridized carbons (Fsp3) is 0.600. The molecule has 1 aromatic carbocycles. The monoisotopic (exact) mass is 279 g/mol. The second-order valence-electron chi connectivity index (χ2n) is 5.35. The summed E-state index contributed by atoms with van der Waals surface area (Å²) in [6, 6.07) is 8.74. The predicted molar refractivity (Wildman–Crippen MR) is 83.7 cm³/mol. The summed E-state index contributed by atoms with van der Waals surface area (Å²) in [5.74, 6) is 1.16. The Morgan fingerprint density at radius 3 is 2.68 bits per heavy atom. The third kappa shape index (κ3) is 4.80. The number of likely N-dealkylation sites (N-methyl/N-ethyl adjacent to an activating group) is 1. The molecule has 0 radical (unpaired) electrons. The molecule has 1 aliphatic rings. The average Bonchev–Trinajstić information content (AvgIpc) is 2.41. The lowest BCUT2D eigenvalue weighted by Crippen LogP contribution is -2.45. The molecule has 0 spiro atoms. The van der Waals surface area contributed by atoms with Crippen molar-refractivity contribution in [2.75, 3.05) is 45.5 Å². The highest BCUT2D eigenvalue weighted by molar-refractivity contribution is 7.99. The molecule has 2 N–H and O–H groups in total. The van der Waals surface area contributed by atoms with Gasteiger partial charge in [-0.3, -0.25) is 4.90 Å². The molecule has 1 aliphatic heterocycles. The molecule has 0 aromatic heterocycles. The first-order chi connectivity index (χ1) is 9.15. The van der Waals surface area contributed by atoms with Crippen LogP contribution in [0.5, 0.6) is 0 Å². The van der Waals surface area contributed by atoms with E-state index in [9.17, 15) is 0 Å². The van der Waals surface area contributed by atoms with E-state index < -0.39 is 0 Å². The van der Waals surface area contributed by atoms with Crippen molar-refractivity contribution in [2.24, 2.45) is 5.73 Å². The summed E-state index contributed by atoms with van der Waals surface area (Å²) >= 11 is 1.94. The number of thioether (sulfide) groups is 1. The van der Waals surface area contributed by atoms with E-state index in [1.807, 2.05) is 18.7 Å². The lowest BCUT2D eigenvalue weighted by Gasteiger charge is -2.32. The van der Waals surface area contributed by atoms with Gasteiger partial charge in [-0.2, -0.15) is 0 Å². The highest BCUT2D eigenvalue weighted by Crippen LogP contribution is 2.21. The summed E-state index contributed by atoms with van der Waals surface area (Å²) in [6.45, 7) is 8.03. The smallest absolute Gasteiger partial charge is 0.0266 e. The summed E-state index contributed by atoms with van der Waals surface area (Å²) < 4.78 is 0. The van der Waals surface area contributed by atoms with Gasteiger partial charge >= 0.3 is 0 Å². The maximum atomic E-state index is 5.92. The molecule has 106 valence electrons. The van der Waals surface area contributed by atoms with Gasteiger partial charge in [0.15, 0.2) is 0 Å². The van der Waals surface area contributed by atoms with E-state index in [0.717, 1.165) is 5.75 Å². The number of hydrogen-bond acceptors (Lipinski definition) is 4. The average molecular weight is 279 g/mol. The maximum Gasteiger partial charge on any atom is 0.0266 e. The standard InChI is InChI=1S/C15H25N3S/c1-13(16)14-4-3-5-15(12-14)19-11-10-18-8-6-17(2)7-9-18/h3-5,12-13H,6-11,16H2,1-2H3. The van der Waals surface area contributed by atoms with Crippen molar-refractivity contribution in [1.82, 2.24) is 9.80 Å². The summed E-state index contributed by atoms with van der Waals surface area (Å²) in [6.07, 6.45) is 0. The molecule has 0 bridgehead atoms. The molecular formula is C15H25N3S. The number of hydrogen-bond donors (Lipinski definition) is 1. The molecule has 3 nitrogen and oxygen atoms in total. The number of nitrogens with zero attached hydrogens (tertiary/aromatic N) is 2. The number of piperazine rings is 1. The fourth-order valence-electron chi connectivity index (χ4n) is 2.25. The molecule has 4 heteroatoms. The van der Waals surface area contributed by atoms with Crippen molar-refractivity contribution in [2.45, 2.75) is 17.9 Å². The van der Waals surface area contributed by atoms with Crippen molar-refractivity contribution in [3.05, 3.63) is 29.8 Å². The SMILES string of the molecule is CC(N)c1cccc(SCCN2CCN(C)CC2)c1. The Hall–Kier alpha value is -0.550. The number of nitrogens with two attached hydrogens (primary N) is 1. The lowest BCUT2D eigenvalue weighted by atomic mass is 10.1. The Labute approximate surface area is 121 Å². The van der Waals surface area contributed by atoms with Crippen LogP contribution in [0.4, 0.5) is 0 Å². The van der Waals surface area contributed by atoms with Crippen LogP contribution < -0.4 is 5.73 Å². The molecule has 0 saturated carbocycles. The zero-order valence-corrected chi connectivity index (χ0v) is 12.8. The predicted octanol–water partition coefficient (Wildman–Crippen LogP) is 2.05. The molecule has 19 heavy (non-hydrogen) atoms. The number of rotatable bonds is 5. The third-order valence-electron chi connectivity index (χ3n) is 3.66. The quantitative estimate of drug-likeness (QED) is 0.836. The van der Waals surface area contributed by atoms with E-state index >= 15 is 0 Å². The molecule has 0 amide bonds. The van der Waals surface area contributed by atoms with Crippen LogP contribution in [0.25, 0.3) is 0 Å². The largest absolute Gasteiger partial charge is 0.324 e. The molecule has 1 saturated heterocycles. The molecule has 1 fully saturated rings. The van der Waals surface area contributed by atoms with E-state index in [0.29, 0.717) is 0 Å². The second-order valence-corrected chi connectivity index (χ2v) is 6.52. The van der Waals surface area contributed by atoms with Crippen molar-refractivity contribution in [3.63, 3.8) is 0 Å². The van der Waals surface area contributed by atoms with Gasteiger partial charge in [-0.05, 0) is 31.7 Å². The Balaban J connectivity index is 1.75. The number of benzene rings is 1. The van der Waals surface area contributed by atoms with Crippen LogP contribution in [-0.4, -0.2) is 55.3 Å². The highest BCUT2D eigenvalue weighted by atomic mass is 32.2. The highest BCUT2D eigenvalue weighted by Gasteiger charge is 2.13. The Morgan fingerprint density at radius 1 is 1.26 bits per heavy atom. The van der Waals surface area contributed by atoms with Gasteiger partial charge in [0, 0.05) is 49.4 Å². The minimum absolute atomic E-state index is 0.123. The van der Waals surface area contributed by atoms with E-state index in [-0.39, 0.29) is 6.04 Å². The molecule has 0 aliphatic carbocycles. The van der Waals surface area contributed by atoms with Gasteiger partial charge in [-0.1, -0.05) is 12.1 Å². The van der Waals surface area contributed by atoms with Gasteiger partial charge in [0.2, 0.25) is 0 Å². The first-order valence-electron chi connectivity index (χ1n) is 7.04. The van der Waals surface area contributed by atoms with Gasteiger partial charge < -0.3 is 10.6 Å². The lowest BCUT2D eigenvalue weighted by molar-refractivity contribution is 0.161. The second kappa shape index (κ2) is 7.29. The molecule has 1 atom stereocenters. The van der Waals surface area contributed by atoms with Gasteiger partial charge in [0.1, 0.15) is 0 Å². The van der Waals surface area contributed by atoms with Crippen LogP contribution in [0, 0.1) is 0 Å². The fourth-order valence-corrected chi connectivity index (χ4v) is 3.23. The van der Waals surface area contributed by atoms with Crippen molar-refractivity contribution in [3.8, 4) is 0 Å². The van der Waals surface area contributed by atoms with Gasteiger partial charge in [-0.25, -0.2) is 0 Å². The topological polar surface area (TPSA) is 32.5 Å². The minimum Gasteiger partial charge on any atom is -0.324 e. The van der Waals surface area contributed by atoms with Crippen LogP contribution >= 0.6 is 11.8 Å². The first-order valence-corrected chi connectivity index (χ1v) is 8.03. The van der Waals surface area contributed by atoms with Crippen molar-refractivity contribution in [1.29, 1.82) is 0 Å². The summed E-state index contributed by atoms with van der Waals surface area (Å²) in [7, 11) is 2.20. The Morgan fingerprint density at radius 2 is 2.00 bits per heavy atom. The van der Waals surface area contributed by atoms with Crippen molar-refractivity contribution < 1.29 is 0 Å². The Kier molecular flexibility index (Phi) is 5.70. The zero-order valence-electron chi connectivity index (χ0n) is 12.0. The first kappa shape index (κ1) is 14.9. The third-order valence-corrected chi connectivity index (χ3v) is 4.63. The van der Waals surface area contributed by atoms with Crippen LogP contribution in [0.1, 0.15) is 18.5 Å². The van der Waals surface area contributed by atoms with Gasteiger partial charge in [0.05, 0.1) is 0 Å². The molecule has 2 rings (SSSR count). The van der Waals surface area contributed by atoms with Crippen molar-refractivity contribution >= 4 is 11.8 Å². The molecular weight excluding hydrogens is 254 g/mol. The van der Waals surface area contributed by atoms with Crippen LogP contribution in [0.15, 0.2) is 29.2 Å². The van der Waals surface area contributed by atoms with E-state index in [2.05, 4.69) is 41.1 Å². The molecule has 1 unspecified atom stereocenters. The molecule has 1 heterocycles. The van der Waals surface area contributed by atoms with Gasteiger partial charge in [0.25, 0.3) is 0 Å². The minimum atomic E-state index is 0.123. The van der Waals surface area contributed by atoms with Crippen LogP contribution in [-0.2, 0) is 0 Å². The van der Waals surface area contributed by atoms with E-state index in [1.54, 1.807) is 0 Å². The van der Waals surface area contributed by atoms with E-state index in [4.69, 9.17) is 5.73 Å². The Bertz CT molecular complexity index is 387. The van der Waals surface area contributed by atoms with Gasteiger partial charge in [-0.15, -0.1) is 11.8 Å². The van der Waals surface area contributed by atoms with Crippen LogP contribution in [0.3, 0.4) is 0 Å². The summed E-state index contributed by atoms with van der Waals surface area (Å²) in [5, 5.41) is 0. The molecule has 1 aromatic rings. The zero-order chi connectivity index (χ0) is 13.7. The maximum absolute atomic E-state index is 5.92.